The van der Waals surface area contributed by atoms with E-state index in [0.717, 1.165) is 83.1 Å². The molecule has 0 aromatic heterocycles. The Kier molecular flexibility index (Phi) is 8.86. The fourth-order valence-corrected chi connectivity index (χ4v) is 4.55. The van der Waals surface area contributed by atoms with Crippen LogP contribution >= 0.6 is 24.0 Å². The van der Waals surface area contributed by atoms with E-state index in [9.17, 15) is 0 Å². The molecule has 2 atom stereocenters. The molecule has 0 saturated carbocycles. The largest absolute Gasteiger partial charge is 0.493 e. The number of nitrogens with one attached hydrogen (secondary N) is 1. The van der Waals surface area contributed by atoms with Gasteiger partial charge < -0.3 is 19.7 Å². The van der Waals surface area contributed by atoms with Gasteiger partial charge in [-0.25, -0.2) is 0 Å². The molecule has 0 bridgehead atoms. The average Bonchev–Trinajstić information content (AvgIpc) is 3.20. The van der Waals surface area contributed by atoms with E-state index in [1.807, 2.05) is 6.07 Å². The molecule has 1 aromatic rings. The molecule has 3 aliphatic heterocycles. The molecule has 0 amide bonds. The highest BCUT2D eigenvalue weighted by Crippen LogP contribution is 2.33. The van der Waals surface area contributed by atoms with Crippen LogP contribution in [0.25, 0.3) is 0 Å². The van der Waals surface area contributed by atoms with Crippen LogP contribution in [0.15, 0.2) is 29.3 Å². The number of rotatable bonds is 5. The molecule has 0 spiro atoms. The van der Waals surface area contributed by atoms with Gasteiger partial charge in [0.15, 0.2) is 5.96 Å². The molecule has 6 nitrogen and oxygen atoms in total. The number of aliphatic imine (C=N–C) groups is 1. The first-order chi connectivity index (χ1) is 13.8. The van der Waals surface area contributed by atoms with Crippen molar-refractivity contribution in [1.82, 2.24) is 15.1 Å². The molecule has 0 radical (unpaired) electrons. The van der Waals surface area contributed by atoms with Gasteiger partial charge in [-0.1, -0.05) is 18.2 Å². The molecule has 3 heterocycles. The number of morpholine rings is 1. The molecular weight excluding hydrogens is 479 g/mol. The SMILES string of the molecule is CCNC(=NCC1CCOc2ccccc21)N1CCC(CN2CCOCC2)C1.I. The van der Waals surface area contributed by atoms with Crippen molar-refractivity contribution in [3.8, 4) is 5.75 Å². The van der Waals surface area contributed by atoms with Crippen LogP contribution in [0.2, 0.25) is 0 Å². The number of hydrogen-bond acceptors (Lipinski definition) is 4. The van der Waals surface area contributed by atoms with E-state index in [0.29, 0.717) is 5.92 Å². The summed E-state index contributed by atoms with van der Waals surface area (Å²) in [5, 5.41) is 3.52. The van der Waals surface area contributed by atoms with Gasteiger partial charge in [0.05, 0.1) is 19.8 Å². The fraction of sp³-hybridized carbons (Fsp3) is 0.682. The summed E-state index contributed by atoms with van der Waals surface area (Å²) in [7, 11) is 0. The van der Waals surface area contributed by atoms with Crippen molar-refractivity contribution < 1.29 is 9.47 Å². The summed E-state index contributed by atoms with van der Waals surface area (Å²) in [6.45, 7) is 12.0. The Labute approximate surface area is 192 Å². The van der Waals surface area contributed by atoms with Crippen LogP contribution in [0.3, 0.4) is 0 Å². The second kappa shape index (κ2) is 11.4. The third-order valence-corrected chi connectivity index (χ3v) is 6.08. The second-order valence-corrected chi connectivity index (χ2v) is 8.08. The van der Waals surface area contributed by atoms with Crippen LogP contribution in [-0.2, 0) is 4.74 Å². The van der Waals surface area contributed by atoms with E-state index in [2.05, 4.69) is 40.2 Å². The lowest BCUT2D eigenvalue weighted by atomic mass is 9.93. The molecular formula is C22H35IN4O2. The zero-order chi connectivity index (χ0) is 19.2. The van der Waals surface area contributed by atoms with Gasteiger partial charge in [-0.15, -0.1) is 24.0 Å². The lowest BCUT2D eigenvalue weighted by Gasteiger charge is -2.29. The van der Waals surface area contributed by atoms with Gasteiger partial charge in [-0.05, 0) is 37.3 Å². The second-order valence-electron chi connectivity index (χ2n) is 8.08. The van der Waals surface area contributed by atoms with Gasteiger partial charge in [-0.2, -0.15) is 0 Å². The number of halogens is 1. The first-order valence-corrected chi connectivity index (χ1v) is 10.9. The predicted molar refractivity (Wildman–Crippen MR) is 128 cm³/mol. The average molecular weight is 514 g/mol. The number of fused-ring (bicyclic) bond motifs is 1. The van der Waals surface area contributed by atoms with Gasteiger partial charge in [0, 0.05) is 51.7 Å². The van der Waals surface area contributed by atoms with Crippen LogP contribution in [0.1, 0.15) is 31.2 Å². The Bertz CT molecular complexity index is 666. The summed E-state index contributed by atoms with van der Waals surface area (Å²) in [6.07, 6.45) is 2.29. The van der Waals surface area contributed by atoms with E-state index >= 15 is 0 Å². The number of para-hydroxylation sites is 1. The van der Waals surface area contributed by atoms with Gasteiger partial charge in [0.25, 0.3) is 0 Å². The van der Waals surface area contributed by atoms with Crippen LogP contribution < -0.4 is 10.1 Å². The van der Waals surface area contributed by atoms with Crippen molar-refractivity contribution in [1.29, 1.82) is 0 Å². The number of benzene rings is 1. The lowest BCUT2D eigenvalue weighted by molar-refractivity contribution is 0.0315. The Morgan fingerprint density at radius 2 is 1.97 bits per heavy atom. The predicted octanol–water partition coefficient (Wildman–Crippen LogP) is 2.79. The van der Waals surface area contributed by atoms with Gasteiger partial charge in [0.2, 0.25) is 0 Å². The van der Waals surface area contributed by atoms with Gasteiger partial charge in [-0.3, -0.25) is 9.89 Å². The molecule has 4 rings (SSSR count). The van der Waals surface area contributed by atoms with Crippen LogP contribution in [0.5, 0.6) is 5.75 Å². The van der Waals surface area contributed by atoms with E-state index in [4.69, 9.17) is 14.5 Å². The maximum atomic E-state index is 5.81. The van der Waals surface area contributed by atoms with Crippen molar-refractivity contribution >= 4 is 29.9 Å². The summed E-state index contributed by atoms with van der Waals surface area (Å²) in [4.78, 5) is 10.1. The Hall–Kier alpha value is -1.06. The molecule has 29 heavy (non-hydrogen) atoms. The smallest absolute Gasteiger partial charge is 0.193 e. The molecule has 1 N–H and O–H groups in total. The highest BCUT2D eigenvalue weighted by atomic mass is 127. The number of guanidine groups is 1. The van der Waals surface area contributed by atoms with Gasteiger partial charge in [0.1, 0.15) is 5.75 Å². The lowest BCUT2D eigenvalue weighted by Crippen LogP contribution is -2.42. The topological polar surface area (TPSA) is 49.3 Å². The first kappa shape index (κ1) is 22.6. The first-order valence-electron chi connectivity index (χ1n) is 10.9. The quantitative estimate of drug-likeness (QED) is 0.372. The molecule has 162 valence electrons. The third-order valence-electron chi connectivity index (χ3n) is 6.08. The highest BCUT2D eigenvalue weighted by Gasteiger charge is 2.28. The van der Waals surface area contributed by atoms with Crippen molar-refractivity contribution in [2.45, 2.75) is 25.7 Å². The van der Waals surface area contributed by atoms with E-state index in [1.165, 1.54) is 18.5 Å². The summed E-state index contributed by atoms with van der Waals surface area (Å²) in [5.74, 6) is 3.29. The fourth-order valence-electron chi connectivity index (χ4n) is 4.55. The summed E-state index contributed by atoms with van der Waals surface area (Å²) in [6, 6.07) is 8.42. The minimum atomic E-state index is 0. The zero-order valence-electron chi connectivity index (χ0n) is 17.5. The third kappa shape index (κ3) is 5.98. The highest BCUT2D eigenvalue weighted by molar-refractivity contribution is 14.0. The molecule has 3 aliphatic rings. The molecule has 0 aliphatic carbocycles. The Morgan fingerprint density at radius 3 is 2.79 bits per heavy atom. The van der Waals surface area contributed by atoms with Crippen LogP contribution in [0, 0.1) is 5.92 Å². The minimum Gasteiger partial charge on any atom is -0.493 e. The maximum absolute atomic E-state index is 5.81. The van der Waals surface area contributed by atoms with Crippen molar-refractivity contribution in [3.05, 3.63) is 29.8 Å². The Balaban J connectivity index is 0.00000240. The Morgan fingerprint density at radius 1 is 1.14 bits per heavy atom. The zero-order valence-corrected chi connectivity index (χ0v) is 19.8. The molecule has 1 aromatic carbocycles. The minimum absolute atomic E-state index is 0. The summed E-state index contributed by atoms with van der Waals surface area (Å²) >= 11 is 0. The summed E-state index contributed by atoms with van der Waals surface area (Å²) < 4.78 is 11.3. The maximum Gasteiger partial charge on any atom is 0.193 e. The van der Waals surface area contributed by atoms with Crippen molar-refractivity contribution in [2.75, 3.05) is 65.6 Å². The van der Waals surface area contributed by atoms with E-state index in [1.54, 1.807) is 0 Å². The van der Waals surface area contributed by atoms with E-state index < -0.39 is 0 Å². The number of hydrogen-bond donors (Lipinski definition) is 1. The standard InChI is InChI=1S/C22H34N4O2.HI/c1-2-23-22(24-15-19-8-12-28-21-6-4-3-5-20(19)21)26-9-7-18(17-26)16-25-10-13-27-14-11-25;/h3-6,18-19H,2,7-17H2,1H3,(H,23,24);1H. The molecule has 2 saturated heterocycles. The molecule has 2 unspecified atom stereocenters. The number of likely N-dealkylation sites (tertiary alicyclic amines) is 1. The normalized spacial score (nSPS) is 25.1. The van der Waals surface area contributed by atoms with Crippen molar-refractivity contribution in [2.24, 2.45) is 10.9 Å². The molecule has 2 fully saturated rings. The van der Waals surface area contributed by atoms with E-state index in [-0.39, 0.29) is 24.0 Å². The monoisotopic (exact) mass is 514 g/mol. The van der Waals surface area contributed by atoms with Crippen molar-refractivity contribution in [3.63, 3.8) is 0 Å². The molecule has 7 heteroatoms. The number of nitrogens with zero attached hydrogens (tertiary/aromatic N) is 3. The number of ether oxygens (including phenoxy) is 2. The van der Waals surface area contributed by atoms with Crippen LogP contribution in [-0.4, -0.2) is 81.4 Å². The van der Waals surface area contributed by atoms with Crippen LogP contribution in [0.4, 0.5) is 0 Å². The van der Waals surface area contributed by atoms with Gasteiger partial charge >= 0.3 is 0 Å². The summed E-state index contributed by atoms with van der Waals surface area (Å²) in [5.41, 5.74) is 1.31.